The Labute approximate surface area is 196 Å². The summed E-state index contributed by atoms with van der Waals surface area (Å²) in [4.78, 5) is 12.8. The molecule has 11 heteroatoms. The summed E-state index contributed by atoms with van der Waals surface area (Å²) >= 11 is 1.08. The van der Waals surface area contributed by atoms with Crippen LogP contribution < -0.4 is 10.0 Å². The number of hydrogen-bond donors (Lipinski definition) is 2. The molecule has 0 atom stereocenters. The van der Waals surface area contributed by atoms with E-state index in [0.29, 0.717) is 21.3 Å². The van der Waals surface area contributed by atoms with Crippen LogP contribution in [0.25, 0.3) is 10.1 Å². The molecular weight excluding hydrogens is 492 g/mol. The van der Waals surface area contributed by atoms with Crippen molar-refractivity contribution in [1.82, 2.24) is 0 Å². The number of fused-ring (bicyclic) bond motifs is 1. The van der Waals surface area contributed by atoms with Crippen molar-refractivity contribution < 1.29 is 30.8 Å². The van der Waals surface area contributed by atoms with Gasteiger partial charge < -0.3 is 5.32 Å². The van der Waals surface area contributed by atoms with E-state index >= 15 is 0 Å². The van der Waals surface area contributed by atoms with Gasteiger partial charge in [0, 0.05) is 16.1 Å². The van der Waals surface area contributed by atoms with E-state index in [9.17, 15) is 30.8 Å². The zero-order chi connectivity index (χ0) is 24.7. The summed E-state index contributed by atoms with van der Waals surface area (Å²) < 4.78 is 80.0. The minimum atomic E-state index is -4.48. The van der Waals surface area contributed by atoms with Crippen LogP contribution in [0.1, 0.15) is 20.8 Å². The molecule has 34 heavy (non-hydrogen) atoms. The van der Waals surface area contributed by atoms with Gasteiger partial charge in [0.15, 0.2) is 0 Å². The normalized spacial score (nSPS) is 12.0. The van der Waals surface area contributed by atoms with E-state index in [1.165, 1.54) is 42.5 Å². The van der Waals surface area contributed by atoms with Crippen molar-refractivity contribution in [2.45, 2.75) is 18.0 Å². The Morgan fingerprint density at radius 2 is 1.62 bits per heavy atom. The number of thiophene rings is 1. The molecular formula is C23H16F4N2O3S2. The van der Waals surface area contributed by atoms with Gasteiger partial charge in [-0.15, -0.1) is 11.3 Å². The number of hydrogen-bond acceptors (Lipinski definition) is 4. The molecule has 0 fully saturated rings. The molecule has 0 unspecified atom stereocenters. The highest BCUT2D eigenvalue weighted by atomic mass is 32.2. The Balaban J connectivity index is 1.51. The Morgan fingerprint density at radius 3 is 2.26 bits per heavy atom. The van der Waals surface area contributed by atoms with Crippen molar-refractivity contribution in [3.8, 4) is 0 Å². The Hall–Kier alpha value is -3.44. The van der Waals surface area contributed by atoms with Crippen LogP contribution in [0.4, 0.5) is 28.9 Å². The summed E-state index contributed by atoms with van der Waals surface area (Å²) in [5.74, 6) is -1.19. The molecule has 0 saturated heterocycles. The quantitative estimate of drug-likeness (QED) is 0.306. The molecule has 0 bridgehead atoms. The number of nitrogens with one attached hydrogen (secondary N) is 2. The molecule has 1 aromatic heterocycles. The molecule has 176 valence electrons. The topological polar surface area (TPSA) is 75.3 Å². The van der Waals surface area contributed by atoms with Crippen molar-refractivity contribution in [3.63, 3.8) is 0 Å². The number of carbonyl (C=O) groups excluding carboxylic acids is 1. The molecule has 4 aromatic rings. The van der Waals surface area contributed by atoms with Crippen LogP contribution in [0.2, 0.25) is 0 Å². The lowest BCUT2D eigenvalue weighted by molar-refractivity contribution is -0.137. The Kier molecular flexibility index (Phi) is 6.09. The van der Waals surface area contributed by atoms with Gasteiger partial charge in [-0.1, -0.05) is 6.07 Å². The van der Waals surface area contributed by atoms with Crippen LogP contribution in [0.15, 0.2) is 71.6 Å². The molecule has 0 saturated carbocycles. The van der Waals surface area contributed by atoms with Crippen LogP contribution in [0.3, 0.4) is 0 Å². The standard InChI is InChI=1S/C23H16F4N2O3S2/c1-13-19-11-14(23(25,26)27)5-10-20(19)33-21(13)22(30)28-16-6-8-17(9-7-16)29-34(31,32)18-4-2-3-15(24)12-18/h2-12,29H,1H3,(H,28,30). The summed E-state index contributed by atoms with van der Waals surface area (Å²) in [5.41, 5.74) is 0.193. The van der Waals surface area contributed by atoms with Crippen molar-refractivity contribution >= 4 is 48.7 Å². The van der Waals surface area contributed by atoms with Gasteiger partial charge in [0.05, 0.1) is 15.3 Å². The first-order chi connectivity index (χ1) is 15.9. The third kappa shape index (κ3) is 4.90. The summed E-state index contributed by atoms with van der Waals surface area (Å²) in [6, 6.07) is 13.7. The van der Waals surface area contributed by atoms with E-state index in [1.807, 2.05) is 0 Å². The Morgan fingerprint density at radius 1 is 0.941 bits per heavy atom. The average Bonchev–Trinajstić information content (AvgIpc) is 3.10. The molecule has 0 aliphatic heterocycles. The second-order valence-corrected chi connectivity index (χ2v) is 10.1. The largest absolute Gasteiger partial charge is 0.416 e. The van der Waals surface area contributed by atoms with Gasteiger partial charge in [0.25, 0.3) is 15.9 Å². The van der Waals surface area contributed by atoms with Gasteiger partial charge in [-0.05, 0) is 78.5 Å². The maximum absolute atomic E-state index is 13.3. The summed E-state index contributed by atoms with van der Waals surface area (Å²) in [5, 5.41) is 3.01. The van der Waals surface area contributed by atoms with E-state index in [-0.39, 0.29) is 15.5 Å². The first-order valence-electron chi connectivity index (χ1n) is 9.74. The monoisotopic (exact) mass is 508 g/mol. The fourth-order valence-corrected chi connectivity index (χ4v) is 5.45. The molecule has 0 radical (unpaired) electrons. The fraction of sp³-hybridized carbons (Fsp3) is 0.0870. The number of anilines is 2. The van der Waals surface area contributed by atoms with Crippen LogP contribution in [0.5, 0.6) is 0 Å². The maximum atomic E-state index is 13.3. The number of aryl methyl sites for hydroxylation is 1. The number of carbonyl (C=O) groups is 1. The molecule has 0 aliphatic carbocycles. The summed E-state index contributed by atoms with van der Waals surface area (Å²) in [7, 11) is -4.01. The smallest absolute Gasteiger partial charge is 0.321 e. The van der Waals surface area contributed by atoms with Crippen molar-refractivity contribution in [2.24, 2.45) is 0 Å². The third-order valence-corrected chi connectivity index (χ3v) is 7.62. The van der Waals surface area contributed by atoms with E-state index in [4.69, 9.17) is 0 Å². The molecule has 3 aromatic carbocycles. The molecule has 0 aliphatic rings. The first-order valence-corrected chi connectivity index (χ1v) is 12.0. The number of alkyl halides is 3. The fourth-order valence-electron chi connectivity index (χ4n) is 3.27. The van der Waals surface area contributed by atoms with E-state index in [1.54, 1.807) is 6.92 Å². The predicted molar refractivity (Wildman–Crippen MR) is 123 cm³/mol. The van der Waals surface area contributed by atoms with Crippen molar-refractivity contribution in [2.75, 3.05) is 10.0 Å². The van der Waals surface area contributed by atoms with Crippen LogP contribution in [-0.4, -0.2) is 14.3 Å². The lowest BCUT2D eigenvalue weighted by atomic mass is 10.1. The first kappa shape index (κ1) is 23.7. The van der Waals surface area contributed by atoms with Crippen LogP contribution in [0, 0.1) is 12.7 Å². The minimum Gasteiger partial charge on any atom is -0.321 e. The molecule has 4 rings (SSSR count). The highest BCUT2D eigenvalue weighted by Gasteiger charge is 2.31. The maximum Gasteiger partial charge on any atom is 0.416 e. The number of rotatable bonds is 5. The predicted octanol–water partition coefficient (Wildman–Crippen LogP) is 6.42. The molecule has 0 spiro atoms. The Bertz CT molecular complexity index is 1500. The van der Waals surface area contributed by atoms with E-state index in [0.717, 1.165) is 35.6 Å². The van der Waals surface area contributed by atoms with E-state index < -0.39 is 33.5 Å². The van der Waals surface area contributed by atoms with E-state index in [2.05, 4.69) is 10.0 Å². The highest BCUT2D eigenvalue weighted by molar-refractivity contribution is 7.92. The zero-order valence-electron chi connectivity index (χ0n) is 17.4. The molecule has 2 N–H and O–H groups in total. The van der Waals surface area contributed by atoms with Gasteiger partial charge in [-0.2, -0.15) is 13.2 Å². The number of sulfonamides is 1. The van der Waals surface area contributed by atoms with Crippen LogP contribution in [-0.2, 0) is 16.2 Å². The average molecular weight is 509 g/mol. The SMILES string of the molecule is Cc1c(C(=O)Nc2ccc(NS(=O)(=O)c3cccc(F)c3)cc2)sc2ccc(C(F)(F)F)cc12. The summed E-state index contributed by atoms with van der Waals surface area (Å²) in [6.07, 6.45) is -4.48. The molecule has 5 nitrogen and oxygen atoms in total. The van der Waals surface area contributed by atoms with Crippen molar-refractivity contribution in [3.05, 3.63) is 88.6 Å². The minimum absolute atomic E-state index is 0.194. The van der Waals surface area contributed by atoms with Gasteiger partial charge in [-0.25, -0.2) is 12.8 Å². The number of halogens is 4. The molecule has 1 heterocycles. The second kappa shape index (κ2) is 8.73. The van der Waals surface area contributed by atoms with Gasteiger partial charge >= 0.3 is 6.18 Å². The van der Waals surface area contributed by atoms with Gasteiger partial charge in [0.2, 0.25) is 0 Å². The van der Waals surface area contributed by atoms with Crippen LogP contribution >= 0.6 is 11.3 Å². The highest BCUT2D eigenvalue weighted by Crippen LogP contribution is 2.37. The lowest BCUT2D eigenvalue weighted by Gasteiger charge is -2.10. The third-order valence-electron chi connectivity index (χ3n) is 4.97. The molecule has 1 amide bonds. The zero-order valence-corrected chi connectivity index (χ0v) is 19.0. The number of benzene rings is 3. The van der Waals surface area contributed by atoms with Gasteiger partial charge in [0.1, 0.15) is 5.82 Å². The summed E-state index contributed by atoms with van der Waals surface area (Å²) in [6.45, 7) is 1.58. The second-order valence-electron chi connectivity index (χ2n) is 7.36. The number of amides is 1. The lowest BCUT2D eigenvalue weighted by Crippen LogP contribution is -2.14. The van der Waals surface area contributed by atoms with Crippen molar-refractivity contribution in [1.29, 1.82) is 0 Å². The van der Waals surface area contributed by atoms with Gasteiger partial charge in [-0.3, -0.25) is 9.52 Å².